The summed E-state index contributed by atoms with van der Waals surface area (Å²) in [5, 5.41) is 19.5. The number of likely N-dealkylation sites (N-methyl/N-ethyl adjacent to an activating group) is 1. The van der Waals surface area contributed by atoms with Crippen molar-refractivity contribution in [2.24, 2.45) is 11.8 Å². The Bertz CT molecular complexity index is 759. The maximum Gasteiger partial charge on any atom is 0.352 e. The van der Waals surface area contributed by atoms with Crippen LogP contribution in [0.2, 0.25) is 0 Å². The number of fused-ring (bicyclic) bond motifs is 1. The van der Waals surface area contributed by atoms with Gasteiger partial charge in [-0.2, -0.15) is 0 Å². The summed E-state index contributed by atoms with van der Waals surface area (Å²) in [6.07, 6.45) is 2.61. The van der Waals surface area contributed by atoms with Crippen molar-refractivity contribution >= 4 is 11.9 Å². The summed E-state index contributed by atoms with van der Waals surface area (Å²) in [4.78, 5) is 36.0. The summed E-state index contributed by atoms with van der Waals surface area (Å²) in [7, 11) is 1.88. The van der Waals surface area contributed by atoms with Crippen LogP contribution in [0.1, 0.15) is 25.2 Å². The predicted molar refractivity (Wildman–Crippen MR) is 92.7 cm³/mol. The van der Waals surface area contributed by atoms with Crippen LogP contribution in [0.4, 0.5) is 0 Å². The van der Waals surface area contributed by atoms with Crippen molar-refractivity contribution in [3.05, 3.63) is 35.1 Å². The van der Waals surface area contributed by atoms with E-state index in [2.05, 4.69) is 9.97 Å². The average molecular weight is 360 g/mol. The van der Waals surface area contributed by atoms with Crippen molar-refractivity contribution in [3.63, 3.8) is 0 Å². The molecule has 1 aromatic heterocycles. The molecule has 0 radical (unpaired) electrons. The van der Waals surface area contributed by atoms with E-state index in [9.17, 15) is 19.8 Å². The fourth-order valence-electron chi connectivity index (χ4n) is 3.98. The van der Waals surface area contributed by atoms with Gasteiger partial charge in [-0.05, 0) is 26.5 Å². The zero-order chi connectivity index (χ0) is 19.2. The number of rotatable bonds is 6. The third kappa shape index (κ3) is 2.99. The number of aromatic nitrogens is 2. The first-order valence-electron chi connectivity index (χ1n) is 8.66. The van der Waals surface area contributed by atoms with E-state index < -0.39 is 18.0 Å². The molecule has 0 saturated carbocycles. The highest BCUT2D eigenvalue weighted by Gasteiger charge is 2.59. The molecule has 8 nitrogen and oxygen atoms in total. The first-order chi connectivity index (χ1) is 12.2. The van der Waals surface area contributed by atoms with E-state index in [1.165, 1.54) is 4.90 Å². The number of hydrogen-bond acceptors (Lipinski definition) is 6. The molecule has 3 rings (SSSR count). The van der Waals surface area contributed by atoms with E-state index in [0.29, 0.717) is 18.7 Å². The van der Waals surface area contributed by atoms with Crippen molar-refractivity contribution in [3.8, 4) is 0 Å². The smallest absolute Gasteiger partial charge is 0.352 e. The number of amides is 1. The van der Waals surface area contributed by atoms with Gasteiger partial charge in [0.15, 0.2) is 0 Å². The number of aliphatic hydroxyl groups excluding tert-OH is 1. The second kappa shape index (κ2) is 6.77. The van der Waals surface area contributed by atoms with Crippen molar-refractivity contribution in [2.75, 3.05) is 13.6 Å². The molecule has 0 unspecified atom stereocenters. The highest BCUT2D eigenvalue weighted by atomic mass is 16.4. The molecular weight excluding hydrogens is 336 g/mol. The van der Waals surface area contributed by atoms with Crippen LogP contribution in [0, 0.1) is 18.8 Å². The van der Waals surface area contributed by atoms with Crippen LogP contribution >= 0.6 is 0 Å². The Kier molecular flexibility index (Phi) is 4.81. The van der Waals surface area contributed by atoms with Gasteiger partial charge in [0.1, 0.15) is 5.70 Å². The number of aliphatic hydroxyl groups is 1. The summed E-state index contributed by atoms with van der Waals surface area (Å²) in [5.41, 5.74) is 2.40. The minimum atomic E-state index is -1.10. The third-order valence-corrected chi connectivity index (χ3v) is 5.22. The highest BCUT2D eigenvalue weighted by molar-refractivity contribution is 6.00. The number of carbonyl (C=O) groups is 2. The van der Waals surface area contributed by atoms with Crippen LogP contribution in [0.15, 0.2) is 23.7 Å². The van der Waals surface area contributed by atoms with Crippen LogP contribution in [0.5, 0.6) is 0 Å². The first kappa shape index (κ1) is 18.5. The molecule has 2 aliphatic rings. The van der Waals surface area contributed by atoms with E-state index in [-0.39, 0.29) is 23.6 Å². The summed E-state index contributed by atoms with van der Waals surface area (Å²) in [5.74, 6) is -2.07. The largest absolute Gasteiger partial charge is 0.477 e. The normalized spacial score (nSPS) is 26.2. The molecule has 4 atom stereocenters. The van der Waals surface area contributed by atoms with Gasteiger partial charge < -0.3 is 15.1 Å². The lowest BCUT2D eigenvalue weighted by atomic mass is 9.77. The van der Waals surface area contributed by atoms with E-state index >= 15 is 0 Å². The zero-order valence-electron chi connectivity index (χ0n) is 15.4. The van der Waals surface area contributed by atoms with Crippen LogP contribution < -0.4 is 0 Å². The molecule has 1 aromatic rings. The number of aryl methyl sites for hydroxylation is 1. The maximum atomic E-state index is 12.3. The standard InChI is InChI=1S/C18H24N4O4/c1-9-5-20-12(6-19-9)7-21(4)8-13-10(2)15-14(11(3)23)17(24)22(15)16(13)18(25)26/h5-6,10-11,14-15,23H,7-8H2,1-4H3,(H,25,26)/t10-,11+,14+,15+/m0/s1. The molecule has 8 heteroatoms. The summed E-state index contributed by atoms with van der Waals surface area (Å²) in [6, 6.07) is -0.281. The van der Waals surface area contributed by atoms with Gasteiger partial charge in [-0.1, -0.05) is 6.92 Å². The lowest BCUT2D eigenvalue weighted by molar-refractivity contribution is -0.163. The Hall–Kier alpha value is -2.32. The minimum Gasteiger partial charge on any atom is -0.477 e. The fourth-order valence-corrected chi connectivity index (χ4v) is 3.98. The van der Waals surface area contributed by atoms with E-state index in [0.717, 1.165) is 11.4 Å². The molecule has 2 aliphatic heterocycles. The van der Waals surface area contributed by atoms with Gasteiger partial charge in [-0.15, -0.1) is 0 Å². The number of carbonyl (C=O) groups excluding carboxylic acids is 1. The molecule has 140 valence electrons. The first-order valence-corrected chi connectivity index (χ1v) is 8.66. The molecule has 3 heterocycles. The van der Waals surface area contributed by atoms with Gasteiger partial charge >= 0.3 is 5.97 Å². The quantitative estimate of drug-likeness (QED) is 0.708. The molecule has 0 aliphatic carbocycles. The monoisotopic (exact) mass is 360 g/mol. The second-order valence-corrected chi connectivity index (χ2v) is 7.25. The van der Waals surface area contributed by atoms with Gasteiger partial charge in [0.05, 0.1) is 29.5 Å². The summed E-state index contributed by atoms with van der Waals surface area (Å²) in [6.45, 7) is 6.29. The highest BCUT2D eigenvalue weighted by Crippen LogP contribution is 2.47. The molecule has 1 amide bonds. The van der Waals surface area contributed by atoms with Gasteiger partial charge in [0.25, 0.3) is 0 Å². The number of aliphatic carboxylic acids is 1. The molecular formula is C18H24N4O4. The van der Waals surface area contributed by atoms with Gasteiger partial charge in [0.2, 0.25) is 5.91 Å². The van der Waals surface area contributed by atoms with E-state index in [1.807, 2.05) is 25.8 Å². The Labute approximate surface area is 152 Å². The second-order valence-electron chi connectivity index (χ2n) is 7.25. The van der Waals surface area contributed by atoms with Crippen molar-refractivity contribution in [2.45, 2.75) is 39.5 Å². The van der Waals surface area contributed by atoms with E-state index in [1.54, 1.807) is 19.3 Å². The SMILES string of the molecule is Cc1cnc(CN(C)CC2=C(C(=O)O)N3C(=O)[C@H]([C@@H](C)O)[C@H]3[C@H]2C)cn1. The Morgan fingerprint density at radius 3 is 2.58 bits per heavy atom. The lowest BCUT2D eigenvalue weighted by Gasteiger charge is -2.46. The Balaban J connectivity index is 1.80. The van der Waals surface area contributed by atoms with Crippen LogP contribution in [0.3, 0.4) is 0 Å². The van der Waals surface area contributed by atoms with Crippen LogP contribution in [-0.2, 0) is 16.1 Å². The zero-order valence-corrected chi connectivity index (χ0v) is 15.4. The van der Waals surface area contributed by atoms with E-state index in [4.69, 9.17) is 0 Å². The number of β-lactam (4-membered cyclic amide) rings is 1. The predicted octanol–water partition coefficient (Wildman–Crippen LogP) is 0.413. The summed E-state index contributed by atoms with van der Waals surface area (Å²) < 4.78 is 0. The number of hydrogen-bond donors (Lipinski definition) is 2. The third-order valence-electron chi connectivity index (χ3n) is 5.22. The van der Waals surface area contributed by atoms with Gasteiger partial charge in [-0.3, -0.25) is 19.7 Å². The molecule has 1 saturated heterocycles. The minimum absolute atomic E-state index is 0.0613. The molecule has 0 aromatic carbocycles. The molecule has 26 heavy (non-hydrogen) atoms. The van der Waals surface area contributed by atoms with Gasteiger partial charge in [0, 0.05) is 31.4 Å². The Morgan fingerprint density at radius 1 is 1.35 bits per heavy atom. The van der Waals surface area contributed by atoms with Crippen LogP contribution in [-0.4, -0.2) is 67.6 Å². The van der Waals surface area contributed by atoms with Gasteiger partial charge in [-0.25, -0.2) is 4.79 Å². The number of nitrogens with zero attached hydrogens (tertiary/aromatic N) is 4. The fraction of sp³-hybridized carbons (Fsp3) is 0.556. The topological polar surface area (TPSA) is 107 Å². The Morgan fingerprint density at radius 2 is 2.04 bits per heavy atom. The average Bonchev–Trinajstić information content (AvgIpc) is 2.79. The number of carboxylic acid groups (broad SMARTS) is 1. The molecule has 1 fully saturated rings. The molecule has 0 bridgehead atoms. The number of carboxylic acids is 1. The molecule has 2 N–H and O–H groups in total. The lowest BCUT2D eigenvalue weighted by Crippen LogP contribution is -2.63. The van der Waals surface area contributed by atoms with Crippen molar-refractivity contribution < 1.29 is 19.8 Å². The summed E-state index contributed by atoms with van der Waals surface area (Å²) >= 11 is 0. The molecule has 0 spiro atoms. The maximum absolute atomic E-state index is 12.3. The van der Waals surface area contributed by atoms with Crippen LogP contribution in [0.25, 0.3) is 0 Å². The van der Waals surface area contributed by atoms with Crippen molar-refractivity contribution in [1.82, 2.24) is 19.8 Å². The van der Waals surface area contributed by atoms with Crippen molar-refractivity contribution in [1.29, 1.82) is 0 Å².